The molecule has 168 valence electrons. The summed E-state index contributed by atoms with van der Waals surface area (Å²) in [5, 5.41) is 3.14. The average molecular weight is 466 g/mol. The van der Waals surface area contributed by atoms with E-state index in [2.05, 4.69) is 5.32 Å². The fourth-order valence-electron chi connectivity index (χ4n) is 3.31. The Hall–Kier alpha value is -2.58. The Morgan fingerprint density at radius 2 is 1.71 bits per heavy atom. The molecule has 0 aliphatic heterocycles. The van der Waals surface area contributed by atoms with Crippen molar-refractivity contribution in [2.75, 3.05) is 24.2 Å². The second kappa shape index (κ2) is 10.6. The quantitative estimate of drug-likeness (QED) is 0.616. The highest BCUT2D eigenvalue weighted by Crippen LogP contribution is 2.23. The number of rotatable bonds is 9. The summed E-state index contributed by atoms with van der Waals surface area (Å²) in [4.78, 5) is 27.3. The van der Waals surface area contributed by atoms with Crippen LogP contribution in [0.4, 0.5) is 5.69 Å². The zero-order valence-corrected chi connectivity index (χ0v) is 19.7. The number of hydrogen-bond acceptors (Lipinski definition) is 4. The molecule has 0 bridgehead atoms. The number of para-hydroxylation sites is 1. The molecule has 9 heteroatoms. The number of carbonyl (C=O) groups excluding carboxylic acids is 2. The lowest BCUT2D eigenvalue weighted by Crippen LogP contribution is -2.51. The minimum absolute atomic E-state index is 0.146. The van der Waals surface area contributed by atoms with Crippen molar-refractivity contribution in [1.29, 1.82) is 0 Å². The van der Waals surface area contributed by atoms with E-state index in [0.717, 1.165) is 21.7 Å². The third-order valence-electron chi connectivity index (χ3n) is 4.96. The van der Waals surface area contributed by atoms with E-state index >= 15 is 0 Å². The molecule has 0 saturated carbocycles. The Morgan fingerprint density at radius 1 is 1.10 bits per heavy atom. The number of nitrogens with one attached hydrogen (secondary N) is 1. The molecular formula is C22H28ClN3O4S. The number of anilines is 1. The van der Waals surface area contributed by atoms with E-state index in [1.807, 2.05) is 0 Å². The van der Waals surface area contributed by atoms with Gasteiger partial charge in [0.05, 0.1) is 11.9 Å². The van der Waals surface area contributed by atoms with Crippen LogP contribution in [0.15, 0.2) is 48.5 Å². The van der Waals surface area contributed by atoms with E-state index in [1.54, 1.807) is 62.4 Å². The number of sulfonamides is 1. The Kier molecular flexibility index (Phi) is 8.47. The topological polar surface area (TPSA) is 86.8 Å². The minimum atomic E-state index is -3.74. The fourth-order valence-corrected chi connectivity index (χ4v) is 4.34. The van der Waals surface area contributed by atoms with Gasteiger partial charge < -0.3 is 10.2 Å². The summed E-state index contributed by atoms with van der Waals surface area (Å²) in [6, 6.07) is 13.2. The van der Waals surface area contributed by atoms with Gasteiger partial charge in [0.2, 0.25) is 21.8 Å². The van der Waals surface area contributed by atoms with Crippen LogP contribution in [0.1, 0.15) is 24.5 Å². The van der Waals surface area contributed by atoms with Crippen molar-refractivity contribution in [3.05, 3.63) is 64.7 Å². The number of halogens is 1. The van der Waals surface area contributed by atoms with Crippen molar-refractivity contribution in [1.82, 2.24) is 10.2 Å². The molecule has 0 aliphatic carbocycles. The van der Waals surface area contributed by atoms with Crippen molar-refractivity contribution >= 4 is 39.1 Å². The lowest BCUT2D eigenvalue weighted by Gasteiger charge is -2.33. The zero-order chi connectivity index (χ0) is 23.2. The predicted octanol–water partition coefficient (Wildman–Crippen LogP) is 2.97. The largest absolute Gasteiger partial charge is 0.357 e. The number of hydrogen-bond donors (Lipinski definition) is 1. The lowest BCUT2D eigenvalue weighted by atomic mass is 10.1. The maximum Gasteiger partial charge on any atom is 0.244 e. The molecule has 0 fully saturated rings. The molecule has 7 nitrogen and oxygen atoms in total. The lowest BCUT2D eigenvalue weighted by molar-refractivity contribution is -0.140. The molecule has 0 aromatic heterocycles. The van der Waals surface area contributed by atoms with Crippen LogP contribution >= 0.6 is 11.6 Å². The first-order chi connectivity index (χ1) is 14.6. The number of nitrogens with zero attached hydrogens (tertiary/aromatic N) is 2. The predicted molar refractivity (Wildman–Crippen MR) is 124 cm³/mol. The smallest absolute Gasteiger partial charge is 0.244 e. The van der Waals surface area contributed by atoms with Crippen molar-refractivity contribution in [3.63, 3.8) is 0 Å². The number of benzene rings is 2. The SMILES string of the molecule is CCC(C(=O)NC)N(Cc1ccc(Cl)cc1)C(=O)CN(c1ccccc1C)S(C)(=O)=O. The van der Waals surface area contributed by atoms with E-state index < -0.39 is 28.5 Å². The average Bonchev–Trinajstić information content (AvgIpc) is 2.72. The third kappa shape index (κ3) is 6.45. The number of likely N-dealkylation sites (N-methyl/N-ethyl adjacent to an activating group) is 1. The van der Waals surface area contributed by atoms with Crippen LogP contribution < -0.4 is 9.62 Å². The van der Waals surface area contributed by atoms with Crippen LogP contribution in [0, 0.1) is 6.92 Å². The molecule has 0 radical (unpaired) electrons. The summed E-state index contributed by atoms with van der Waals surface area (Å²) in [7, 11) is -2.23. The number of amides is 2. The summed E-state index contributed by atoms with van der Waals surface area (Å²) in [6.45, 7) is 3.32. The van der Waals surface area contributed by atoms with Crippen LogP contribution in [-0.2, 0) is 26.2 Å². The molecule has 1 N–H and O–H groups in total. The van der Waals surface area contributed by atoms with Gasteiger partial charge in [-0.1, -0.05) is 48.9 Å². The van der Waals surface area contributed by atoms with Gasteiger partial charge in [0.15, 0.2) is 0 Å². The summed E-state index contributed by atoms with van der Waals surface area (Å²) in [5.41, 5.74) is 1.93. The van der Waals surface area contributed by atoms with E-state index in [-0.39, 0.29) is 12.5 Å². The van der Waals surface area contributed by atoms with Crippen LogP contribution in [0.5, 0.6) is 0 Å². The first-order valence-electron chi connectivity index (χ1n) is 9.87. The van der Waals surface area contributed by atoms with Gasteiger partial charge >= 0.3 is 0 Å². The minimum Gasteiger partial charge on any atom is -0.357 e. The fraction of sp³-hybridized carbons (Fsp3) is 0.364. The number of carbonyl (C=O) groups is 2. The highest BCUT2D eigenvalue weighted by molar-refractivity contribution is 7.92. The Morgan fingerprint density at radius 3 is 2.23 bits per heavy atom. The monoisotopic (exact) mass is 465 g/mol. The van der Waals surface area contributed by atoms with Crippen LogP contribution in [0.3, 0.4) is 0 Å². The van der Waals surface area contributed by atoms with Crippen molar-refractivity contribution < 1.29 is 18.0 Å². The van der Waals surface area contributed by atoms with Gasteiger partial charge in [-0.05, 0) is 42.7 Å². The number of aryl methyl sites for hydroxylation is 1. The molecule has 2 rings (SSSR count). The first-order valence-corrected chi connectivity index (χ1v) is 12.1. The van der Waals surface area contributed by atoms with Gasteiger partial charge in [0, 0.05) is 18.6 Å². The van der Waals surface area contributed by atoms with Gasteiger partial charge in [0.1, 0.15) is 12.6 Å². The first kappa shape index (κ1) is 24.7. The Bertz CT molecular complexity index is 1030. The maximum absolute atomic E-state index is 13.4. The second-order valence-electron chi connectivity index (χ2n) is 7.24. The van der Waals surface area contributed by atoms with E-state index in [0.29, 0.717) is 17.1 Å². The zero-order valence-electron chi connectivity index (χ0n) is 18.1. The third-order valence-corrected chi connectivity index (χ3v) is 6.34. The van der Waals surface area contributed by atoms with Crippen molar-refractivity contribution in [3.8, 4) is 0 Å². The molecule has 31 heavy (non-hydrogen) atoms. The van der Waals surface area contributed by atoms with E-state index in [4.69, 9.17) is 11.6 Å². The van der Waals surface area contributed by atoms with Crippen molar-refractivity contribution in [2.24, 2.45) is 0 Å². The van der Waals surface area contributed by atoms with Crippen LogP contribution in [-0.4, -0.2) is 51.0 Å². The summed E-state index contributed by atoms with van der Waals surface area (Å²) < 4.78 is 26.1. The molecule has 2 aromatic carbocycles. The second-order valence-corrected chi connectivity index (χ2v) is 9.59. The van der Waals surface area contributed by atoms with E-state index in [1.165, 1.54) is 11.9 Å². The molecule has 1 unspecified atom stereocenters. The standard InChI is InChI=1S/C22H28ClN3O4S/c1-5-19(22(28)24-3)25(14-17-10-12-18(23)13-11-17)21(27)15-26(31(4,29)30)20-9-7-6-8-16(20)2/h6-13,19H,5,14-15H2,1-4H3,(H,24,28). The Balaban J connectivity index is 2.43. The Labute approximate surface area is 189 Å². The normalized spacial score (nSPS) is 12.2. The summed E-state index contributed by atoms with van der Waals surface area (Å²) >= 11 is 5.96. The molecule has 0 heterocycles. The van der Waals surface area contributed by atoms with Gasteiger partial charge in [-0.25, -0.2) is 8.42 Å². The highest BCUT2D eigenvalue weighted by Gasteiger charge is 2.31. The van der Waals surface area contributed by atoms with Crippen LogP contribution in [0.2, 0.25) is 5.02 Å². The molecular weight excluding hydrogens is 438 g/mol. The van der Waals surface area contributed by atoms with Gasteiger partial charge in [-0.15, -0.1) is 0 Å². The summed E-state index contributed by atoms with van der Waals surface area (Å²) in [5.74, 6) is -0.786. The van der Waals surface area contributed by atoms with Gasteiger partial charge in [0.25, 0.3) is 0 Å². The van der Waals surface area contributed by atoms with Gasteiger partial charge in [-0.3, -0.25) is 13.9 Å². The summed E-state index contributed by atoms with van der Waals surface area (Å²) in [6.07, 6.45) is 1.44. The molecule has 1 atom stereocenters. The van der Waals surface area contributed by atoms with Crippen LogP contribution in [0.25, 0.3) is 0 Å². The van der Waals surface area contributed by atoms with Crippen molar-refractivity contribution in [2.45, 2.75) is 32.9 Å². The van der Waals surface area contributed by atoms with E-state index in [9.17, 15) is 18.0 Å². The molecule has 2 amide bonds. The maximum atomic E-state index is 13.4. The molecule has 2 aromatic rings. The molecule has 0 saturated heterocycles. The van der Waals surface area contributed by atoms with Gasteiger partial charge in [-0.2, -0.15) is 0 Å². The molecule has 0 aliphatic rings. The highest BCUT2D eigenvalue weighted by atomic mass is 35.5. The molecule has 0 spiro atoms.